The lowest BCUT2D eigenvalue weighted by Gasteiger charge is -2.38. The molecule has 1 aliphatic heterocycles. The molecule has 0 radical (unpaired) electrons. The molecule has 1 aromatic heterocycles. The lowest BCUT2D eigenvalue weighted by molar-refractivity contribution is 0.0701. The summed E-state index contributed by atoms with van der Waals surface area (Å²) in [4.78, 5) is 13.4. The third-order valence-corrected chi connectivity index (χ3v) is 7.36. The van der Waals surface area contributed by atoms with E-state index in [1.807, 2.05) is 6.92 Å². The van der Waals surface area contributed by atoms with Gasteiger partial charge in [0.15, 0.2) is 0 Å². The van der Waals surface area contributed by atoms with Gasteiger partial charge in [0.05, 0.1) is 0 Å². The van der Waals surface area contributed by atoms with Gasteiger partial charge in [-0.15, -0.1) is 11.3 Å². The van der Waals surface area contributed by atoms with Crippen LogP contribution < -0.4 is 0 Å². The third-order valence-electron chi connectivity index (χ3n) is 3.82. The average molecular weight is 332 g/mol. The van der Waals surface area contributed by atoms with E-state index in [4.69, 9.17) is 5.11 Å². The average Bonchev–Trinajstić information content (AvgIpc) is 2.81. The highest BCUT2D eigenvalue weighted by atomic mass is 32.2. The van der Waals surface area contributed by atoms with E-state index in [-0.39, 0.29) is 15.1 Å². The molecule has 0 saturated carbocycles. The normalized spacial score (nSPS) is 21.6. The molecule has 2 heterocycles. The first-order valence-corrected chi connectivity index (χ1v) is 9.11. The van der Waals surface area contributed by atoms with Crippen molar-refractivity contribution in [2.75, 3.05) is 26.2 Å². The number of carboxylic acids is 1. The van der Waals surface area contributed by atoms with Crippen LogP contribution in [0.2, 0.25) is 0 Å². The van der Waals surface area contributed by atoms with Crippen molar-refractivity contribution in [1.82, 2.24) is 9.21 Å². The van der Waals surface area contributed by atoms with Gasteiger partial charge < -0.3 is 5.11 Å². The monoisotopic (exact) mass is 332 g/mol. The molecule has 1 unspecified atom stereocenters. The number of piperazine rings is 1. The summed E-state index contributed by atoms with van der Waals surface area (Å²) >= 11 is 0.833. The minimum Gasteiger partial charge on any atom is -0.477 e. The standard InChI is InChI=1S/C13H20N2O4S2/c1-4-14-5-6-15(8-10(14)3)21(18,19)11-7-9(2)12(20-11)13(16)17/h7,10H,4-6,8H2,1-3H3,(H,16,17). The second-order valence-corrected chi connectivity index (χ2v) is 8.44. The highest BCUT2D eigenvalue weighted by Gasteiger charge is 2.33. The molecule has 1 aliphatic rings. The molecular weight excluding hydrogens is 312 g/mol. The second kappa shape index (κ2) is 6.04. The number of aromatic carboxylic acids is 1. The van der Waals surface area contributed by atoms with E-state index in [0.29, 0.717) is 25.2 Å². The fourth-order valence-corrected chi connectivity index (χ4v) is 5.62. The van der Waals surface area contributed by atoms with E-state index in [0.717, 1.165) is 17.9 Å². The Hall–Kier alpha value is -0.960. The smallest absolute Gasteiger partial charge is 0.346 e. The van der Waals surface area contributed by atoms with Crippen LogP contribution in [-0.4, -0.2) is 60.9 Å². The van der Waals surface area contributed by atoms with Gasteiger partial charge in [-0.1, -0.05) is 6.92 Å². The maximum Gasteiger partial charge on any atom is 0.346 e. The zero-order chi connectivity index (χ0) is 15.8. The number of rotatable bonds is 4. The molecule has 0 spiro atoms. The Morgan fingerprint density at radius 2 is 2.14 bits per heavy atom. The Labute approximate surface area is 129 Å². The first kappa shape index (κ1) is 16.4. The van der Waals surface area contributed by atoms with E-state index in [9.17, 15) is 13.2 Å². The SMILES string of the molecule is CCN1CCN(S(=O)(=O)c2cc(C)c(C(=O)O)s2)CC1C. The van der Waals surface area contributed by atoms with E-state index in [1.165, 1.54) is 10.4 Å². The van der Waals surface area contributed by atoms with Gasteiger partial charge in [-0.2, -0.15) is 4.31 Å². The highest BCUT2D eigenvalue weighted by molar-refractivity contribution is 7.91. The number of carboxylic acid groups (broad SMARTS) is 1. The van der Waals surface area contributed by atoms with Crippen molar-refractivity contribution in [3.05, 3.63) is 16.5 Å². The summed E-state index contributed by atoms with van der Waals surface area (Å²) in [6.45, 7) is 8.17. The summed E-state index contributed by atoms with van der Waals surface area (Å²) < 4.78 is 26.9. The van der Waals surface area contributed by atoms with Crippen LogP contribution in [0.25, 0.3) is 0 Å². The van der Waals surface area contributed by atoms with Crippen molar-refractivity contribution in [3.63, 3.8) is 0 Å². The Bertz CT molecular complexity index is 639. The lowest BCUT2D eigenvalue weighted by atomic mass is 10.2. The van der Waals surface area contributed by atoms with Gasteiger partial charge in [0.25, 0.3) is 10.0 Å². The minimum atomic E-state index is -3.60. The van der Waals surface area contributed by atoms with Crippen LogP contribution in [-0.2, 0) is 10.0 Å². The molecule has 1 N–H and O–H groups in total. The molecule has 1 saturated heterocycles. The fraction of sp³-hybridized carbons (Fsp3) is 0.615. The Morgan fingerprint density at radius 3 is 2.62 bits per heavy atom. The van der Waals surface area contributed by atoms with Crippen molar-refractivity contribution >= 4 is 27.3 Å². The van der Waals surface area contributed by atoms with Gasteiger partial charge in [-0.25, -0.2) is 13.2 Å². The van der Waals surface area contributed by atoms with Crippen LogP contribution in [0.1, 0.15) is 29.1 Å². The molecule has 2 rings (SSSR count). The first-order valence-electron chi connectivity index (χ1n) is 6.85. The molecule has 1 aromatic rings. The zero-order valence-electron chi connectivity index (χ0n) is 12.4. The molecule has 1 atom stereocenters. The summed E-state index contributed by atoms with van der Waals surface area (Å²) in [7, 11) is -3.60. The topological polar surface area (TPSA) is 77.9 Å². The van der Waals surface area contributed by atoms with Crippen LogP contribution >= 0.6 is 11.3 Å². The number of hydrogen-bond donors (Lipinski definition) is 1. The van der Waals surface area contributed by atoms with Crippen LogP contribution in [0, 0.1) is 6.92 Å². The van der Waals surface area contributed by atoms with Crippen LogP contribution in [0.15, 0.2) is 10.3 Å². The van der Waals surface area contributed by atoms with Crippen LogP contribution in [0.3, 0.4) is 0 Å². The van der Waals surface area contributed by atoms with Crippen LogP contribution in [0.5, 0.6) is 0 Å². The third kappa shape index (κ3) is 3.13. The number of nitrogens with zero attached hydrogens (tertiary/aromatic N) is 2. The number of aryl methyl sites for hydroxylation is 1. The van der Waals surface area contributed by atoms with Gasteiger partial charge >= 0.3 is 5.97 Å². The van der Waals surface area contributed by atoms with Gasteiger partial charge in [-0.3, -0.25) is 4.90 Å². The Balaban J connectivity index is 2.27. The molecule has 1 fully saturated rings. The molecule has 0 aliphatic carbocycles. The number of thiophene rings is 1. The number of sulfonamides is 1. The van der Waals surface area contributed by atoms with Gasteiger partial charge in [0.2, 0.25) is 0 Å². The molecule has 0 bridgehead atoms. The van der Waals surface area contributed by atoms with E-state index in [2.05, 4.69) is 11.8 Å². The molecule has 118 valence electrons. The van der Waals surface area contributed by atoms with Crippen molar-refractivity contribution in [2.45, 2.75) is 31.0 Å². The molecule has 0 amide bonds. The number of likely N-dealkylation sites (N-methyl/N-ethyl adjacent to an activating group) is 1. The van der Waals surface area contributed by atoms with E-state index >= 15 is 0 Å². The number of hydrogen-bond acceptors (Lipinski definition) is 5. The van der Waals surface area contributed by atoms with Crippen LogP contribution in [0.4, 0.5) is 0 Å². The largest absolute Gasteiger partial charge is 0.477 e. The van der Waals surface area contributed by atoms with Gasteiger partial charge in [0, 0.05) is 25.7 Å². The van der Waals surface area contributed by atoms with E-state index in [1.54, 1.807) is 6.92 Å². The van der Waals surface area contributed by atoms with Crippen molar-refractivity contribution in [1.29, 1.82) is 0 Å². The Kier molecular flexibility index (Phi) is 4.72. The fourth-order valence-electron chi connectivity index (χ4n) is 2.57. The quantitative estimate of drug-likeness (QED) is 0.903. The lowest BCUT2D eigenvalue weighted by Crippen LogP contribution is -2.53. The van der Waals surface area contributed by atoms with Gasteiger partial charge in [-0.05, 0) is 32.0 Å². The predicted molar refractivity (Wildman–Crippen MR) is 81.5 cm³/mol. The summed E-state index contributed by atoms with van der Waals surface area (Å²) in [6, 6.07) is 1.62. The van der Waals surface area contributed by atoms with Crippen molar-refractivity contribution in [2.24, 2.45) is 0 Å². The molecular formula is C13H20N2O4S2. The minimum absolute atomic E-state index is 0.0915. The van der Waals surface area contributed by atoms with Crippen molar-refractivity contribution < 1.29 is 18.3 Å². The van der Waals surface area contributed by atoms with Gasteiger partial charge in [0.1, 0.15) is 9.09 Å². The second-order valence-electron chi connectivity index (χ2n) is 5.22. The summed E-state index contributed by atoms with van der Waals surface area (Å²) in [5.41, 5.74) is 0.492. The van der Waals surface area contributed by atoms with Crippen molar-refractivity contribution in [3.8, 4) is 0 Å². The molecule has 0 aromatic carbocycles. The summed E-state index contributed by atoms with van der Waals surface area (Å²) in [6.07, 6.45) is 0. The molecule has 8 heteroatoms. The van der Waals surface area contributed by atoms with E-state index < -0.39 is 16.0 Å². The predicted octanol–water partition coefficient (Wildman–Crippen LogP) is 1.47. The maximum absolute atomic E-state index is 12.6. The zero-order valence-corrected chi connectivity index (χ0v) is 14.0. The first-order chi connectivity index (χ1) is 9.77. The number of carbonyl (C=O) groups is 1. The maximum atomic E-state index is 12.6. The molecule has 21 heavy (non-hydrogen) atoms. The molecule has 6 nitrogen and oxygen atoms in total. The Morgan fingerprint density at radius 1 is 1.48 bits per heavy atom. The summed E-state index contributed by atoms with van der Waals surface area (Å²) in [5.74, 6) is -1.08. The summed E-state index contributed by atoms with van der Waals surface area (Å²) in [5, 5.41) is 9.06. The highest BCUT2D eigenvalue weighted by Crippen LogP contribution is 2.29.